The summed E-state index contributed by atoms with van der Waals surface area (Å²) in [4.78, 5) is 20.9. The summed E-state index contributed by atoms with van der Waals surface area (Å²) >= 11 is 0. The van der Waals surface area contributed by atoms with Crippen molar-refractivity contribution in [2.45, 2.75) is 13.3 Å². The van der Waals surface area contributed by atoms with Gasteiger partial charge in [0.1, 0.15) is 0 Å². The first-order valence-electron chi connectivity index (χ1n) is 2.94. The van der Waals surface area contributed by atoms with E-state index in [1.54, 1.807) is 6.92 Å². The molecule has 0 aliphatic carbocycles. The highest BCUT2D eigenvalue weighted by atomic mass is 16.5. The summed E-state index contributed by atoms with van der Waals surface area (Å²) in [5, 5.41) is 0. The molecule has 0 fully saturated rings. The Hall–Kier alpha value is -1.06. The van der Waals surface area contributed by atoms with E-state index in [2.05, 4.69) is 4.74 Å². The molecule has 2 N–H and O–H groups in total. The fourth-order valence-electron chi connectivity index (χ4n) is 0.434. The van der Waals surface area contributed by atoms with E-state index in [1.807, 2.05) is 0 Å². The largest absolute Gasteiger partial charge is 0.469 e. The first-order chi connectivity index (χ1) is 4.57. The Morgan fingerprint density at radius 2 is 2.10 bits per heavy atom. The topological polar surface area (TPSA) is 69.4 Å². The van der Waals surface area contributed by atoms with Crippen molar-refractivity contribution in [1.82, 2.24) is 0 Å². The van der Waals surface area contributed by atoms with Gasteiger partial charge in [0, 0.05) is 5.92 Å². The molecule has 4 heteroatoms. The van der Waals surface area contributed by atoms with Gasteiger partial charge in [-0.25, -0.2) is 0 Å². The lowest BCUT2D eigenvalue weighted by molar-refractivity contribution is -0.143. The summed E-state index contributed by atoms with van der Waals surface area (Å²) in [5.74, 6) is -1.33. The second-order valence-corrected chi connectivity index (χ2v) is 2.08. The Balaban J connectivity index is 3.68. The lowest BCUT2D eigenvalue weighted by atomic mass is 10.1. The van der Waals surface area contributed by atoms with E-state index in [0.717, 1.165) is 0 Å². The van der Waals surface area contributed by atoms with Crippen molar-refractivity contribution in [2.75, 3.05) is 7.11 Å². The van der Waals surface area contributed by atoms with E-state index >= 15 is 0 Å². The summed E-state index contributed by atoms with van der Waals surface area (Å²) in [5.41, 5.74) is 4.89. The maximum atomic E-state index is 10.5. The van der Waals surface area contributed by atoms with Gasteiger partial charge in [0.2, 0.25) is 5.91 Å². The average molecular weight is 145 g/mol. The number of hydrogen-bond acceptors (Lipinski definition) is 3. The minimum absolute atomic E-state index is 0.0613. The van der Waals surface area contributed by atoms with Crippen molar-refractivity contribution >= 4 is 11.9 Å². The number of carbonyl (C=O) groups is 2. The smallest absolute Gasteiger partial charge is 0.306 e. The van der Waals surface area contributed by atoms with Gasteiger partial charge >= 0.3 is 5.97 Å². The number of ether oxygens (including phenoxy) is 1. The average Bonchev–Trinajstić information content (AvgIpc) is 1.87. The second kappa shape index (κ2) is 3.87. The maximum absolute atomic E-state index is 10.5. The molecule has 58 valence electrons. The summed E-state index contributed by atoms with van der Waals surface area (Å²) in [7, 11) is 1.27. The zero-order chi connectivity index (χ0) is 8.15. The molecular formula is C6H11NO3. The minimum Gasteiger partial charge on any atom is -0.469 e. The van der Waals surface area contributed by atoms with Gasteiger partial charge in [-0.1, -0.05) is 6.92 Å². The van der Waals surface area contributed by atoms with Gasteiger partial charge in [0.05, 0.1) is 13.5 Å². The van der Waals surface area contributed by atoms with Gasteiger partial charge in [0.25, 0.3) is 0 Å². The summed E-state index contributed by atoms with van der Waals surface area (Å²) < 4.78 is 4.32. The van der Waals surface area contributed by atoms with Crippen molar-refractivity contribution < 1.29 is 14.3 Å². The van der Waals surface area contributed by atoms with Gasteiger partial charge in [-0.3, -0.25) is 9.59 Å². The molecule has 0 saturated heterocycles. The Kier molecular flexibility index (Phi) is 3.46. The summed E-state index contributed by atoms with van der Waals surface area (Å²) in [6.07, 6.45) is 0.0613. The van der Waals surface area contributed by atoms with E-state index in [0.29, 0.717) is 0 Å². The number of hydrogen-bond donors (Lipinski definition) is 1. The Bertz CT molecular complexity index is 144. The zero-order valence-corrected chi connectivity index (χ0v) is 6.09. The molecule has 0 bridgehead atoms. The molecule has 0 saturated carbocycles. The molecule has 0 aromatic carbocycles. The number of primary amides is 1. The Morgan fingerprint density at radius 3 is 2.40 bits per heavy atom. The van der Waals surface area contributed by atoms with E-state index in [4.69, 9.17) is 5.73 Å². The molecule has 0 rings (SSSR count). The highest BCUT2D eigenvalue weighted by Crippen LogP contribution is 2.00. The number of nitrogens with two attached hydrogens (primary N) is 1. The molecule has 0 aliphatic heterocycles. The van der Waals surface area contributed by atoms with Crippen LogP contribution in [0.3, 0.4) is 0 Å². The molecule has 0 aliphatic rings. The summed E-state index contributed by atoms with van der Waals surface area (Å²) in [6, 6.07) is 0. The zero-order valence-electron chi connectivity index (χ0n) is 6.09. The second-order valence-electron chi connectivity index (χ2n) is 2.08. The van der Waals surface area contributed by atoms with Crippen LogP contribution in [0, 0.1) is 5.92 Å². The standard InChI is InChI=1S/C6H11NO3/c1-4(6(7)9)3-5(8)10-2/h4H,3H2,1-2H3,(H2,7,9). The molecule has 10 heavy (non-hydrogen) atoms. The predicted molar refractivity (Wildman–Crippen MR) is 35.0 cm³/mol. The third kappa shape index (κ3) is 3.06. The van der Waals surface area contributed by atoms with E-state index in [9.17, 15) is 9.59 Å². The van der Waals surface area contributed by atoms with Crippen LogP contribution < -0.4 is 5.73 Å². The number of carbonyl (C=O) groups excluding carboxylic acids is 2. The molecular weight excluding hydrogens is 134 g/mol. The molecule has 1 unspecified atom stereocenters. The molecule has 0 spiro atoms. The van der Waals surface area contributed by atoms with E-state index in [-0.39, 0.29) is 6.42 Å². The van der Waals surface area contributed by atoms with Crippen molar-refractivity contribution in [2.24, 2.45) is 11.7 Å². The monoisotopic (exact) mass is 145 g/mol. The Morgan fingerprint density at radius 1 is 1.60 bits per heavy atom. The third-order valence-electron chi connectivity index (χ3n) is 1.19. The Labute approximate surface area is 59.3 Å². The van der Waals surface area contributed by atoms with Crippen LogP contribution in [0.4, 0.5) is 0 Å². The SMILES string of the molecule is COC(=O)CC(C)C(N)=O. The van der Waals surface area contributed by atoms with Crippen LogP contribution >= 0.6 is 0 Å². The highest BCUT2D eigenvalue weighted by molar-refractivity contribution is 5.81. The fraction of sp³-hybridized carbons (Fsp3) is 0.667. The third-order valence-corrected chi connectivity index (χ3v) is 1.19. The number of rotatable bonds is 3. The number of esters is 1. The van der Waals surface area contributed by atoms with Gasteiger partial charge in [-0.2, -0.15) is 0 Å². The van der Waals surface area contributed by atoms with Gasteiger partial charge < -0.3 is 10.5 Å². The molecule has 0 aromatic heterocycles. The van der Waals surface area contributed by atoms with Crippen molar-refractivity contribution in [3.05, 3.63) is 0 Å². The molecule has 0 heterocycles. The summed E-state index contributed by atoms with van der Waals surface area (Å²) in [6.45, 7) is 1.58. The molecule has 1 atom stereocenters. The van der Waals surface area contributed by atoms with Crippen LogP contribution in [0.15, 0.2) is 0 Å². The van der Waals surface area contributed by atoms with Crippen molar-refractivity contribution in [3.8, 4) is 0 Å². The number of amides is 1. The van der Waals surface area contributed by atoms with Crippen LogP contribution in [0.1, 0.15) is 13.3 Å². The fourth-order valence-corrected chi connectivity index (χ4v) is 0.434. The quantitative estimate of drug-likeness (QED) is 0.553. The van der Waals surface area contributed by atoms with Crippen LogP contribution in [-0.4, -0.2) is 19.0 Å². The van der Waals surface area contributed by atoms with E-state index < -0.39 is 17.8 Å². The van der Waals surface area contributed by atoms with Crippen molar-refractivity contribution in [3.63, 3.8) is 0 Å². The molecule has 0 aromatic rings. The maximum Gasteiger partial charge on any atom is 0.306 e. The first-order valence-corrected chi connectivity index (χ1v) is 2.94. The molecule has 0 radical (unpaired) electrons. The van der Waals surface area contributed by atoms with Crippen LogP contribution in [0.25, 0.3) is 0 Å². The lowest BCUT2D eigenvalue weighted by Gasteiger charge is -2.03. The normalized spacial score (nSPS) is 12.2. The van der Waals surface area contributed by atoms with Crippen LogP contribution in [-0.2, 0) is 14.3 Å². The predicted octanol–water partition coefficient (Wildman–Crippen LogP) is -0.329. The van der Waals surface area contributed by atoms with Crippen LogP contribution in [0.5, 0.6) is 0 Å². The lowest BCUT2D eigenvalue weighted by Crippen LogP contribution is -2.23. The van der Waals surface area contributed by atoms with Crippen molar-refractivity contribution in [1.29, 1.82) is 0 Å². The molecule has 4 nitrogen and oxygen atoms in total. The van der Waals surface area contributed by atoms with Gasteiger partial charge in [-0.15, -0.1) is 0 Å². The number of methoxy groups -OCH3 is 1. The van der Waals surface area contributed by atoms with Crippen LogP contribution in [0.2, 0.25) is 0 Å². The highest BCUT2D eigenvalue weighted by Gasteiger charge is 2.13. The molecule has 1 amide bonds. The minimum atomic E-state index is -0.481. The van der Waals surface area contributed by atoms with E-state index in [1.165, 1.54) is 7.11 Å². The van der Waals surface area contributed by atoms with Gasteiger partial charge in [0.15, 0.2) is 0 Å². The first kappa shape index (κ1) is 8.94. The van der Waals surface area contributed by atoms with Gasteiger partial charge in [-0.05, 0) is 0 Å².